The highest BCUT2D eigenvalue weighted by Gasteiger charge is 2.08. The average Bonchev–Trinajstić information content (AvgIpc) is 2.83. The molecule has 0 aliphatic carbocycles. The molecular formula is C12H13ClN2O2. The highest BCUT2D eigenvalue weighted by molar-refractivity contribution is 6.31. The molecule has 1 aromatic heterocycles. The van der Waals surface area contributed by atoms with E-state index in [-0.39, 0.29) is 0 Å². The zero-order chi connectivity index (χ0) is 12.1. The maximum Gasteiger partial charge on any atom is 0.174 e. The van der Waals surface area contributed by atoms with Crippen molar-refractivity contribution in [3.05, 3.63) is 46.8 Å². The highest BCUT2D eigenvalue weighted by Crippen LogP contribution is 2.27. The van der Waals surface area contributed by atoms with Gasteiger partial charge in [0.25, 0.3) is 0 Å². The number of hydrogen-bond donors (Lipinski definition) is 1. The number of benzene rings is 1. The lowest BCUT2D eigenvalue weighted by Crippen LogP contribution is -2.06. The van der Waals surface area contributed by atoms with Gasteiger partial charge in [0.05, 0.1) is 6.20 Å². The Labute approximate surface area is 104 Å². The summed E-state index contributed by atoms with van der Waals surface area (Å²) in [6.07, 6.45) is 2.27. The zero-order valence-corrected chi connectivity index (χ0v) is 9.98. The number of rotatable bonds is 5. The Morgan fingerprint density at radius 2 is 2.24 bits per heavy atom. The summed E-state index contributed by atoms with van der Waals surface area (Å²) in [5, 5.41) is 4.28. The van der Waals surface area contributed by atoms with Gasteiger partial charge in [0.2, 0.25) is 0 Å². The maximum atomic E-state index is 6.10. The molecule has 0 aliphatic rings. The van der Waals surface area contributed by atoms with Crippen LogP contribution in [0, 0.1) is 0 Å². The Hall–Kier alpha value is -1.52. The SMILES string of the molecule is NCCc1c(Cl)cccc1OCc1ccno1. The lowest BCUT2D eigenvalue weighted by atomic mass is 10.1. The van der Waals surface area contributed by atoms with Gasteiger partial charge < -0.3 is 15.0 Å². The minimum Gasteiger partial charge on any atom is -0.485 e. The summed E-state index contributed by atoms with van der Waals surface area (Å²) >= 11 is 6.10. The molecule has 0 aliphatic heterocycles. The molecule has 4 nitrogen and oxygen atoms in total. The Morgan fingerprint density at radius 3 is 2.94 bits per heavy atom. The smallest absolute Gasteiger partial charge is 0.174 e. The van der Waals surface area contributed by atoms with Crippen LogP contribution in [-0.2, 0) is 13.0 Å². The van der Waals surface area contributed by atoms with Crippen LogP contribution in [0.3, 0.4) is 0 Å². The monoisotopic (exact) mass is 252 g/mol. The van der Waals surface area contributed by atoms with Crippen LogP contribution in [0.25, 0.3) is 0 Å². The zero-order valence-electron chi connectivity index (χ0n) is 9.23. The van der Waals surface area contributed by atoms with E-state index in [2.05, 4.69) is 5.16 Å². The lowest BCUT2D eigenvalue weighted by Gasteiger charge is -2.11. The molecule has 0 atom stereocenters. The molecule has 90 valence electrons. The van der Waals surface area contributed by atoms with Gasteiger partial charge in [-0.1, -0.05) is 22.8 Å². The minimum absolute atomic E-state index is 0.331. The molecule has 0 amide bonds. The first-order chi connectivity index (χ1) is 8.31. The first-order valence-corrected chi connectivity index (χ1v) is 5.69. The van der Waals surface area contributed by atoms with Crippen LogP contribution in [0.5, 0.6) is 5.75 Å². The van der Waals surface area contributed by atoms with E-state index in [9.17, 15) is 0 Å². The van der Waals surface area contributed by atoms with Crippen molar-refractivity contribution in [2.45, 2.75) is 13.0 Å². The normalized spacial score (nSPS) is 10.5. The summed E-state index contributed by atoms with van der Waals surface area (Å²) in [5.41, 5.74) is 6.47. The minimum atomic E-state index is 0.331. The fraction of sp³-hybridized carbons (Fsp3) is 0.250. The number of halogens is 1. The second-order valence-electron chi connectivity index (χ2n) is 3.52. The Bertz CT molecular complexity index is 471. The van der Waals surface area contributed by atoms with Crippen molar-refractivity contribution in [1.82, 2.24) is 5.16 Å². The van der Waals surface area contributed by atoms with E-state index < -0.39 is 0 Å². The predicted octanol–water partition coefficient (Wildman–Crippen LogP) is 2.41. The molecule has 0 spiro atoms. The maximum absolute atomic E-state index is 6.10. The van der Waals surface area contributed by atoms with E-state index in [4.69, 9.17) is 26.6 Å². The molecule has 1 heterocycles. The van der Waals surface area contributed by atoms with Gasteiger partial charge in [0, 0.05) is 16.7 Å². The van der Waals surface area contributed by atoms with Gasteiger partial charge in [-0.05, 0) is 25.1 Å². The average molecular weight is 253 g/mol. The third-order valence-corrected chi connectivity index (χ3v) is 2.69. The number of nitrogens with zero attached hydrogens (tertiary/aromatic N) is 1. The number of hydrogen-bond acceptors (Lipinski definition) is 4. The Kier molecular flexibility index (Phi) is 4.01. The summed E-state index contributed by atoms with van der Waals surface area (Å²) < 4.78 is 10.6. The van der Waals surface area contributed by atoms with Crippen LogP contribution in [0.1, 0.15) is 11.3 Å². The van der Waals surface area contributed by atoms with Crippen LogP contribution in [0.4, 0.5) is 0 Å². The van der Waals surface area contributed by atoms with Gasteiger partial charge >= 0.3 is 0 Å². The third kappa shape index (κ3) is 2.99. The van der Waals surface area contributed by atoms with Gasteiger partial charge in [-0.3, -0.25) is 0 Å². The molecule has 17 heavy (non-hydrogen) atoms. The van der Waals surface area contributed by atoms with Crippen molar-refractivity contribution < 1.29 is 9.26 Å². The second-order valence-corrected chi connectivity index (χ2v) is 3.93. The van der Waals surface area contributed by atoms with E-state index >= 15 is 0 Å². The molecule has 2 N–H and O–H groups in total. The third-order valence-electron chi connectivity index (χ3n) is 2.33. The van der Waals surface area contributed by atoms with Gasteiger partial charge in [0.1, 0.15) is 12.4 Å². The first kappa shape index (κ1) is 12.0. The molecule has 2 rings (SSSR count). The van der Waals surface area contributed by atoms with Crippen LogP contribution < -0.4 is 10.5 Å². The van der Waals surface area contributed by atoms with Crippen molar-refractivity contribution in [1.29, 1.82) is 0 Å². The summed E-state index contributed by atoms with van der Waals surface area (Å²) in [6.45, 7) is 0.861. The van der Waals surface area contributed by atoms with Crippen LogP contribution >= 0.6 is 11.6 Å². The van der Waals surface area contributed by atoms with E-state index in [0.717, 1.165) is 11.3 Å². The number of ether oxygens (including phenoxy) is 1. The molecule has 0 bridgehead atoms. The number of aromatic nitrogens is 1. The summed E-state index contributed by atoms with van der Waals surface area (Å²) in [4.78, 5) is 0. The summed E-state index contributed by atoms with van der Waals surface area (Å²) in [7, 11) is 0. The molecule has 0 radical (unpaired) electrons. The van der Waals surface area contributed by atoms with Crippen LogP contribution in [0.2, 0.25) is 5.02 Å². The van der Waals surface area contributed by atoms with Crippen LogP contribution in [-0.4, -0.2) is 11.7 Å². The highest BCUT2D eigenvalue weighted by atomic mass is 35.5. The molecule has 1 aromatic carbocycles. The standard InChI is InChI=1S/C12H13ClN2O2/c13-11-2-1-3-12(10(11)4-6-14)16-8-9-5-7-15-17-9/h1-3,5,7H,4,6,8,14H2. The molecule has 0 fully saturated rings. The molecule has 2 aromatic rings. The summed E-state index contributed by atoms with van der Waals surface area (Å²) in [5.74, 6) is 1.41. The summed E-state index contributed by atoms with van der Waals surface area (Å²) in [6, 6.07) is 7.30. The largest absolute Gasteiger partial charge is 0.485 e. The molecule has 0 saturated carbocycles. The van der Waals surface area contributed by atoms with Gasteiger partial charge in [0.15, 0.2) is 5.76 Å². The van der Waals surface area contributed by atoms with Crippen molar-refractivity contribution in [2.75, 3.05) is 6.54 Å². The topological polar surface area (TPSA) is 61.3 Å². The fourth-order valence-corrected chi connectivity index (χ4v) is 1.79. The van der Waals surface area contributed by atoms with Gasteiger partial charge in [-0.2, -0.15) is 0 Å². The van der Waals surface area contributed by atoms with E-state index in [0.29, 0.717) is 30.4 Å². The van der Waals surface area contributed by atoms with E-state index in [1.807, 2.05) is 18.2 Å². The van der Waals surface area contributed by atoms with Crippen molar-refractivity contribution in [3.8, 4) is 5.75 Å². The second kappa shape index (κ2) is 5.70. The Balaban J connectivity index is 2.11. The van der Waals surface area contributed by atoms with Crippen molar-refractivity contribution in [2.24, 2.45) is 5.73 Å². The predicted molar refractivity (Wildman–Crippen MR) is 65.0 cm³/mol. The van der Waals surface area contributed by atoms with Crippen molar-refractivity contribution >= 4 is 11.6 Å². The van der Waals surface area contributed by atoms with Crippen LogP contribution in [0.15, 0.2) is 35.0 Å². The Morgan fingerprint density at radius 1 is 1.35 bits per heavy atom. The number of nitrogens with two attached hydrogens (primary N) is 1. The van der Waals surface area contributed by atoms with Gasteiger partial charge in [-0.15, -0.1) is 0 Å². The quantitative estimate of drug-likeness (QED) is 0.888. The molecule has 5 heteroatoms. The molecule has 0 unspecified atom stereocenters. The lowest BCUT2D eigenvalue weighted by molar-refractivity contribution is 0.247. The fourth-order valence-electron chi connectivity index (χ4n) is 1.53. The molecular weight excluding hydrogens is 240 g/mol. The van der Waals surface area contributed by atoms with E-state index in [1.54, 1.807) is 12.3 Å². The molecule has 0 saturated heterocycles. The van der Waals surface area contributed by atoms with Crippen molar-refractivity contribution in [3.63, 3.8) is 0 Å². The first-order valence-electron chi connectivity index (χ1n) is 5.31. The van der Waals surface area contributed by atoms with E-state index in [1.165, 1.54) is 0 Å². The van der Waals surface area contributed by atoms with Gasteiger partial charge in [-0.25, -0.2) is 0 Å².